The Labute approximate surface area is 148 Å². The van der Waals surface area contributed by atoms with Gasteiger partial charge in [-0.25, -0.2) is 4.79 Å². The third-order valence-electron chi connectivity index (χ3n) is 3.24. The molecule has 0 aromatic heterocycles. The van der Waals surface area contributed by atoms with Crippen molar-refractivity contribution in [3.8, 4) is 5.75 Å². The van der Waals surface area contributed by atoms with Crippen molar-refractivity contribution in [1.29, 1.82) is 0 Å². The largest absolute Gasteiger partial charge is 0.492 e. The van der Waals surface area contributed by atoms with Crippen molar-refractivity contribution in [2.75, 3.05) is 25.5 Å². The van der Waals surface area contributed by atoms with E-state index in [-0.39, 0.29) is 30.1 Å². The second-order valence-electron chi connectivity index (χ2n) is 5.12. The fraction of sp³-hybridized carbons (Fsp3) is 0.176. The van der Waals surface area contributed by atoms with Gasteiger partial charge in [0.15, 0.2) is 6.61 Å². The molecule has 2 aromatic carbocycles. The first kappa shape index (κ1) is 18.7. The smallest absolute Gasteiger partial charge is 0.340 e. The van der Waals surface area contributed by atoms with Crippen LogP contribution in [0.4, 0.5) is 11.4 Å². The Bertz CT molecular complexity index is 794. The van der Waals surface area contributed by atoms with Gasteiger partial charge >= 0.3 is 5.97 Å². The van der Waals surface area contributed by atoms with Crippen molar-refractivity contribution in [3.63, 3.8) is 0 Å². The van der Waals surface area contributed by atoms with E-state index in [1.54, 1.807) is 12.1 Å². The summed E-state index contributed by atoms with van der Waals surface area (Å²) < 4.78 is 10.2. The summed E-state index contributed by atoms with van der Waals surface area (Å²) in [5.74, 6) is -0.662. The van der Waals surface area contributed by atoms with Crippen LogP contribution < -0.4 is 15.8 Å². The summed E-state index contributed by atoms with van der Waals surface area (Å²) in [6.45, 7) is 0.00451. The molecule has 9 heteroatoms. The number of ether oxygens (including phenoxy) is 2. The number of carbonyl (C=O) groups excluding carboxylic acids is 2. The number of non-ortho nitro benzene ring substituents is 1. The molecule has 0 fully saturated rings. The van der Waals surface area contributed by atoms with E-state index in [2.05, 4.69) is 5.32 Å². The van der Waals surface area contributed by atoms with E-state index in [0.29, 0.717) is 5.75 Å². The molecule has 0 saturated carbocycles. The highest BCUT2D eigenvalue weighted by Gasteiger charge is 2.16. The first-order chi connectivity index (χ1) is 12.5. The number of hydrogen-bond donors (Lipinski definition) is 2. The average Bonchev–Trinajstić information content (AvgIpc) is 2.64. The standard InChI is InChI=1S/C17H17N3O6/c18-15-10-12(20(23)24)6-7-14(15)17(22)26-11-16(21)19-8-9-25-13-4-2-1-3-5-13/h1-7,10H,8-9,11,18H2,(H,19,21). The van der Waals surface area contributed by atoms with Crippen LogP contribution in [0.2, 0.25) is 0 Å². The number of nitro benzene ring substituents is 1. The molecule has 0 unspecified atom stereocenters. The van der Waals surface area contributed by atoms with E-state index in [0.717, 1.165) is 12.1 Å². The van der Waals surface area contributed by atoms with Gasteiger partial charge in [-0.15, -0.1) is 0 Å². The highest BCUT2D eigenvalue weighted by atomic mass is 16.6. The molecule has 0 aliphatic carbocycles. The van der Waals surface area contributed by atoms with Crippen LogP contribution in [-0.2, 0) is 9.53 Å². The monoisotopic (exact) mass is 359 g/mol. The van der Waals surface area contributed by atoms with Crippen molar-refractivity contribution < 1.29 is 24.0 Å². The van der Waals surface area contributed by atoms with Crippen molar-refractivity contribution in [1.82, 2.24) is 5.32 Å². The molecular weight excluding hydrogens is 342 g/mol. The molecule has 0 atom stereocenters. The lowest BCUT2D eigenvalue weighted by Crippen LogP contribution is -2.32. The fourth-order valence-corrected chi connectivity index (χ4v) is 1.99. The summed E-state index contributed by atoms with van der Waals surface area (Å²) in [4.78, 5) is 33.6. The van der Waals surface area contributed by atoms with Gasteiger partial charge in [-0.2, -0.15) is 0 Å². The molecule has 2 rings (SSSR count). The number of nitro groups is 1. The number of anilines is 1. The van der Waals surface area contributed by atoms with Gasteiger partial charge in [0.1, 0.15) is 12.4 Å². The molecule has 3 N–H and O–H groups in total. The molecule has 1 amide bonds. The number of nitrogen functional groups attached to an aromatic ring is 1. The number of nitrogens with zero attached hydrogens (tertiary/aromatic N) is 1. The lowest BCUT2D eigenvalue weighted by atomic mass is 10.1. The maximum Gasteiger partial charge on any atom is 0.340 e. The number of nitrogens with one attached hydrogen (secondary N) is 1. The normalized spacial score (nSPS) is 10.0. The van der Waals surface area contributed by atoms with Crippen LogP contribution in [0.15, 0.2) is 48.5 Å². The molecule has 2 aromatic rings. The highest BCUT2D eigenvalue weighted by Crippen LogP contribution is 2.20. The van der Waals surface area contributed by atoms with Crippen molar-refractivity contribution in [3.05, 3.63) is 64.2 Å². The summed E-state index contributed by atoms with van der Waals surface area (Å²) in [6, 6.07) is 12.5. The Balaban J connectivity index is 1.73. The minimum absolute atomic E-state index is 0.0455. The van der Waals surface area contributed by atoms with Gasteiger partial charge in [-0.3, -0.25) is 14.9 Å². The summed E-state index contributed by atoms with van der Waals surface area (Å²) in [5.41, 5.74) is 5.22. The predicted octanol–water partition coefficient (Wildman–Crippen LogP) is 1.53. The summed E-state index contributed by atoms with van der Waals surface area (Å²) in [7, 11) is 0. The van der Waals surface area contributed by atoms with Crippen LogP contribution in [0.5, 0.6) is 5.75 Å². The Kier molecular flexibility index (Phi) is 6.49. The summed E-state index contributed by atoms with van der Waals surface area (Å²) in [6.07, 6.45) is 0. The summed E-state index contributed by atoms with van der Waals surface area (Å²) in [5, 5.41) is 13.2. The highest BCUT2D eigenvalue weighted by molar-refractivity contribution is 5.96. The molecule has 0 aliphatic rings. The number of carbonyl (C=O) groups is 2. The second kappa shape index (κ2) is 9.02. The molecule has 0 radical (unpaired) electrons. The van der Waals surface area contributed by atoms with Crippen LogP contribution in [0, 0.1) is 10.1 Å². The van der Waals surface area contributed by atoms with Crippen LogP contribution in [-0.4, -0.2) is 36.6 Å². The Morgan fingerprint density at radius 3 is 2.54 bits per heavy atom. The van der Waals surface area contributed by atoms with E-state index in [4.69, 9.17) is 15.2 Å². The molecule has 26 heavy (non-hydrogen) atoms. The SMILES string of the molecule is Nc1cc([N+](=O)[O-])ccc1C(=O)OCC(=O)NCCOc1ccccc1. The Morgan fingerprint density at radius 1 is 1.15 bits per heavy atom. The van der Waals surface area contributed by atoms with Gasteiger partial charge in [0.25, 0.3) is 11.6 Å². The average molecular weight is 359 g/mol. The third kappa shape index (κ3) is 5.48. The van der Waals surface area contributed by atoms with Gasteiger partial charge in [0, 0.05) is 12.1 Å². The third-order valence-corrected chi connectivity index (χ3v) is 3.24. The predicted molar refractivity (Wildman–Crippen MR) is 92.7 cm³/mol. The van der Waals surface area contributed by atoms with E-state index in [1.807, 2.05) is 18.2 Å². The molecule has 9 nitrogen and oxygen atoms in total. The van der Waals surface area contributed by atoms with Crippen molar-refractivity contribution >= 4 is 23.3 Å². The van der Waals surface area contributed by atoms with Crippen LogP contribution in [0.3, 0.4) is 0 Å². The van der Waals surface area contributed by atoms with Gasteiger partial charge in [-0.05, 0) is 18.2 Å². The van der Waals surface area contributed by atoms with Crippen LogP contribution >= 0.6 is 0 Å². The molecule has 0 saturated heterocycles. The number of esters is 1. The lowest BCUT2D eigenvalue weighted by molar-refractivity contribution is -0.384. The van der Waals surface area contributed by atoms with Gasteiger partial charge < -0.3 is 20.5 Å². The molecule has 0 spiro atoms. The first-order valence-electron chi connectivity index (χ1n) is 7.63. The minimum Gasteiger partial charge on any atom is -0.492 e. The zero-order chi connectivity index (χ0) is 18.9. The number of rotatable bonds is 8. The minimum atomic E-state index is -0.840. The summed E-state index contributed by atoms with van der Waals surface area (Å²) >= 11 is 0. The van der Waals surface area contributed by atoms with E-state index in [1.165, 1.54) is 6.07 Å². The zero-order valence-electron chi connectivity index (χ0n) is 13.7. The van der Waals surface area contributed by atoms with E-state index >= 15 is 0 Å². The maximum absolute atomic E-state index is 11.9. The number of para-hydroxylation sites is 1. The topological polar surface area (TPSA) is 134 Å². The molecule has 0 heterocycles. The van der Waals surface area contributed by atoms with Crippen LogP contribution in [0.1, 0.15) is 10.4 Å². The Hall–Kier alpha value is -3.62. The number of nitrogens with two attached hydrogens (primary N) is 1. The van der Waals surface area contributed by atoms with Crippen LogP contribution in [0.25, 0.3) is 0 Å². The fourth-order valence-electron chi connectivity index (χ4n) is 1.99. The number of amides is 1. The quantitative estimate of drug-likeness (QED) is 0.240. The molecule has 0 bridgehead atoms. The van der Waals surface area contributed by atoms with E-state index in [9.17, 15) is 19.7 Å². The molecule has 136 valence electrons. The van der Waals surface area contributed by atoms with Gasteiger partial charge in [-0.1, -0.05) is 18.2 Å². The number of benzene rings is 2. The van der Waals surface area contributed by atoms with Gasteiger partial charge in [0.05, 0.1) is 22.7 Å². The molecular formula is C17H17N3O6. The Morgan fingerprint density at radius 2 is 1.88 bits per heavy atom. The zero-order valence-corrected chi connectivity index (χ0v) is 13.7. The molecule has 0 aliphatic heterocycles. The second-order valence-corrected chi connectivity index (χ2v) is 5.12. The lowest BCUT2D eigenvalue weighted by Gasteiger charge is -2.09. The maximum atomic E-state index is 11.9. The number of hydrogen-bond acceptors (Lipinski definition) is 7. The van der Waals surface area contributed by atoms with Crippen molar-refractivity contribution in [2.45, 2.75) is 0 Å². The van der Waals surface area contributed by atoms with Gasteiger partial charge in [0.2, 0.25) is 0 Å². The van der Waals surface area contributed by atoms with Crippen molar-refractivity contribution in [2.24, 2.45) is 0 Å². The first-order valence-corrected chi connectivity index (χ1v) is 7.63. The van der Waals surface area contributed by atoms with E-state index < -0.39 is 23.4 Å².